The maximum Gasteiger partial charge on any atom is 0.250 e. The van der Waals surface area contributed by atoms with E-state index in [0.29, 0.717) is 11.5 Å². The summed E-state index contributed by atoms with van der Waals surface area (Å²) in [6.07, 6.45) is 3.95. The van der Waals surface area contributed by atoms with Gasteiger partial charge in [-0.15, -0.1) is 0 Å². The highest BCUT2D eigenvalue weighted by atomic mass is 28.4. The van der Waals surface area contributed by atoms with Gasteiger partial charge in [-0.1, -0.05) is 33.4 Å². The minimum absolute atomic E-state index is 0.0853. The summed E-state index contributed by atoms with van der Waals surface area (Å²) in [4.78, 5) is 0. The summed E-state index contributed by atoms with van der Waals surface area (Å²) in [6.45, 7) is 19.1. The zero-order valence-electron chi connectivity index (χ0n) is 16.2. The van der Waals surface area contributed by atoms with Gasteiger partial charge >= 0.3 is 0 Å². The topological polar surface area (TPSA) is 27.7 Å². The Kier molecular flexibility index (Phi) is 4.66. The lowest BCUT2D eigenvalue weighted by molar-refractivity contribution is 0.153. The molecule has 0 saturated heterocycles. The normalized spacial score (nSPS) is 16.6. The third kappa shape index (κ3) is 3.39. The van der Waals surface area contributed by atoms with Crippen LogP contribution in [0.4, 0.5) is 0 Å². The molecule has 0 spiro atoms. The average Bonchev–Trinajstić information content (AvgIpc) is 2.45. The summed E-state index contributed by atoms with van der Waals surface area (Å²) in [5, 5.41) is 0.0853. The Bertz CT molecular complexity index is 679. The van der Waals surface area contributed by atoms with E-state index in [1.807, 2.05) is 32.1 Å². The fourth-order valence-corrected chi connectivity index (χ4v) is 3.46. The lowest BCUT2D eigenvalue weighted by atomic mass is 9.94. The second kappa shape index (κ2) is 5.99. The number of methoxy groups -OCH3 is 1. The second-order valence-electron chi connectivity index (χ2n) is 8.35. The molecule has 1 aromatic carbocycles. The monoisotopic (exact) mass is 346 g/mol. The van der Waals surface area contributed by atoms with Gasteiger partial charge in [-0.3, -0.25) is 0 Å². The second-order valence-corrected chi connectivity index (χ2v) is 13.1. The van der Waals surface area contributed by atoms with E-state index in [1.54, 1.807) is 7.11 Å². The molecule has 0 aliphatic carbocycles. The summed E-state index contributed by atoms with van der Waals surface area (Å²) in [5.41, 5.74) is 1.64. The third-order valence-corrected chi connectivity index (χ3v) is 9.19. The van der Waals surface area contributed by atoms with Crippen molar-refractivity contribution in [3.63, 3.8) is 0 Å². The molecule has 0 radical (unpaired) electrons. The maximum absolute atomic E-state index is 6.60. The summed E-state index contributed by atoms with van der Waals surface area (Å²) in [7, 11) is -0.371. The Balaban J connectivity index is 2.65. The van der Waals surface area contributed by atoms with Gasteiger partial charge in [0.15, 0.2) is 17.2 Å². The SMILES string of the molecule is C=CC1=CC(C)(C)Oc2c1ccc(OC)c2O[Si](C)(C)C(C)(C)C. The fraction of sp³-hybridized carbons (Fsp3) is 0.500. The summed E-state index contributed by atoms with van der Waals surface area (Å²) < 4.78 is 18.5. The van der Waals surface area contributed by atoms with Crippen molar-refractivity contribution >= 4 is 13.9 Å². The van der Waals surface area contributed by atoms with Gasteiger partial charge in [-0.2, -0.15) is 0 Å². The molecule has 0 bridgehead atoms. The Hall–Kier alpha value is -1.68. The van der Waals surface area contributed by atoms with E-state index in [9.17, 15) is 0 Å². The van der Waals surface area contributed by atoms with Gasteiger partial charge in [0, 0.05) is 5.56 Å². The van der Waals surface area contributed by atoms with Gasteiger partial charge in [-0.05, 0) is 55.8 Å². The van der Waals surface area contributed by atoms with E-state index in [2.05, 4.69) is 46.5 Å². The molecule has 24 heavy (non-hydrogen) atoms. The minimum Gasteiger partial charge on any atom is -0.539 e. The van der Waals surface area contributed by atoms with E-state index < -0.39 is 13.9 Å². The molecule has 1 aromatic rings. The van der Waals surface area contributed by atoms with E-state index in [4.69, 9.17) is 13.9 Å². The van der Waals surface area contributed by atoms with E-state index in [0.717, 1.165) is 16.9 Å². The highest BCUT2D eigenvalue weighted by molar-refractivity contribution is 6.74. The Morgan fingerprint density at radius 1 is 1.21 bits per heavy atom. The first-order chi connectivity index (χ1) is 10.9. The molecule has 1 heterocycles. The van der Waals surface area contributed by atoms with E-state index >= 15 is 0 Å². The van der Waals surface area contributed by atoms with Gasteiger partial charge < -0.3 is 13.9 Å². The Labute approximate surface area is 147 Å². The first-order valence-corrected chi connectivity index (χ1v) is 11.3. The molecule has 3 nitrogen and oxygen atoms in total. The molecule has 0 atom stereocenters. The standard InChI is InChI=1S/C20H30O3Si/c1-10-14-13-20(5,6)22-17-15(14)11-12-16(21-7)18(17)23-24(8,9)19(2,3)4/h10-13H,1H2,2-9H3. The molecule has 1 aliphatic rings. The molecular weight excluding hydrogens is 316 g/mol. The lowest BCUT2D eigenvalue weighted by Gasteiger charge is -2.39. The highest BCUT2D eigenvalue weighted by Gasteiger charge is 2.41. The number of fused-ring (bicyclic) bond motifs is 1. The molecule has 0 saturated carbocycles. The molecule has 0 amide bonds. The van der Waals surface area contributed by atoms with Gasteiger partial charge in [0.05, 0.1) is 7.11 Å². The van der Waals surface area contributed by atoms with Crippen molar-refractivity contribution in [1.82, 2.24) is 0 Å². The minimum atomic E-state index is -2.04. The predicted octanol–water partition coefficient (Wildman–Crippen LogP) is 5.82. The molecule has 0 aromatic heterocycles. The van der Waals surface area contributed by atoms with Crippen molar-refractivity contribution in [2.75, 3.05) is 7.11 Å². The Morgan fingerprint density at radius 3 is 2.33 bits per heavy atom. The fourth-order valence-electron chi connectivity index (χ4n) is 2.45. The number of hydrogen-bond donors (Lipinski definition) is 0. The quantitative estimate of drug-likeness (QED) is 0.643. The number of rotatable bonds is 4. The lowest BCUT2D eigenvalue weighted by Crippen LogP contribution is -2.44. The molecule has 0 fully saturated rings. The van der Waals surface area contributed by atoms with Crippen LogP contribution in [0.15, 0.2) is 30.9 Å². The van der Waals surface area contributed by atoms with Gasteiger partial charge in [0.1, 0.15) is 5.60 Å². The third-order valence-electron chi connectivity index (χ3n) is 4.86. The van der Waals surface area contributed by atoms with Crippen molar-refractivity contribution in [2.45, 2.75) is 58.4 Å². The van der Waals surface area contributed by atoms with Crippen molar-refractivity contribution in [3.8, 4) is 17.2 Å². The van der Waals surface area contributed by atoms with Crippen LogP contribution >= 0.6 is 0 Å². The number of allylic oxidation sites excluding steroid dienone is 2. The van der Waals surface area contributed by atoms with Crippen molar-refractivity contribution in [3.05, 3.63) is 36.4 Å². The molecule has 132 valence electrons. The van der Waals surface area contributed by atoms with Crippen LogP contribution in [0.3, 0.4) is 0 Å². The number of ether oxygens (including phenoxy) is 2. The Morgan fingerprint density at radius 2 is 1.83 bits per heavy atom. The van der Waals surface area contributed by atoms with Crippen molar-refractivity contribution in [2.24, 2.45) is 0 Å². The highest BCUT2D eigenvalue weighted by Crippen LogP contribution is 2.50. The van der Waals surface area contributed by atoms with Crippen LogP contribution in [-0.2, 0) is 0 Å². The van der Waals surface area contributed by atoms with Crippen LogP contribution in [0.5, 0.6) is 17.2 Å². The molecule has 0 N–H and O–H groups in total. The zero-order valence-corrected chi connectivity index (χ0v) is 17.2. The first-order valence-electron chi connectivity index (χ1n) is 8.36. The summed E-state index contributed by atoms with van der Waals surface area (Å²) in [5.74, 6) is 2.17. The largest absolute Gasteiger partial charge is 0.539 e. The summed E-state index contributed by atoms with van der Waals surface area (Å²) in [6, 6.07) is 3.95. The van der Waals surface area contributed by atoms with Gasteiger partial charge in [-0.25, -0.2) is 0 Å². The van der Waals surface area contributed by atoms with Crippen molar-refractivity contribution in [1.29, 1.82) is 0 Å². The molecular formula is C20H30O3Si. The predicted molar refractivity (Wildman–Crippen MR) is 104 cm³/mol. The van der Waals surface area contributed by atoms with Crippen LogP contribution in [-0.4, -0.2) is 21.0 Å². The maximum atomic E-state index is 6.60. The molecule has 0 unspecified atom stereocenters. The van der Waals surface area contributed by atoms with Crippen molar-refractivity contribution < 1.29 is 13.9 Å². The number of hydrogen-bond acceptors (Lipinski definition) is 3. The molecule has 4 heteroatoms. The smallest absolute Gasteiger partial charge is 0.250 e. The van der Waals surface area contributed by atoms with Crippen LogP contribution < -0.4 is 13.9 Å². The van der Waals surface area contributed by atoms with E-state index in [1.165, 1.54) is 0 Å². The number of benzene rings is 1. The van der Waals surface area contributed by atoms with Gasteiger partial charge in [0.2, 0.25) is 0 Å². The zero-order chi connectivity index (χ0) is 18.3. The van der Waals surface area contributed by atoms with E-state index in [-0.39, 0.29) is 5.04 Å². The van der Waals surface area contributed by atoms with Gasteiger partial charge in [0.25, 0.3) is 8.32 Å². The molecule has 1 aliphatic heterocycles. The van der Waals surface area contributed by atoms with Crippen LogP contribution in [0.1, 0.15) is 40.2 Å². The average molecular weight is 347 g/mol. The summed E-state index contributed by atoms with van der Waals surface area (Å²) >= 11 is 0. The first kappa shape index (κ1) is 18.7. The van der Waals surface area contributed by atoms with Crippen LogP contribution in [0.2, 0.25) is 18.1 Å². The molecule has 2 rings (SSSR count). The van der Waals surface area contributed by atoms with Crippen LogP contribution in [0, 0.1) is 0 Å². The van der Waals surface area contributed by atoms with Crippen LogP contribution in [0.25, 0.3) is 5.57 Å².